The molecule has 2 aromatic rings. The molecular formula is C18H22N2O. The fourth-order valence-electron chi connectivity index (χ4n) is 2.66. The molecule has 0 aromatic heterocycles. The van der Waals surface area contributed by atoms with E-state index >= 15 is 0 Å². The molecule has 3 rings (SSSR count). The third-order valence-electron chi connectivity index (χ3n) is 3.83. The molecule has 1 aliphatic rings. The maximum absolute atomic E-state index is 5.45. The van der Waals surface area contributed by atoms with Crippen LogP contribution in [0.4, 0.5) is 11.4 Å². The Morgan fingerprint density at radius 1 is 1.05 bits per heavy atom. The highest BCUT2D eigenvalue weighted by molar-refractivity contribution is 5.71. The van der Waals surface area contributed by atoms with Crippen LogP contribution < -0.4 is 10.2 Å². The number of ether oxygens (including phenoxy) is 1. The number of nitrogens with one attached hydrogen (secondary N) is 1. The van der Waals surface area contributed by atoms with Crippen molar-refractivity contribution in [2.45, 2.75) is 13.5 Å². The number of benzene rings is 2. The van der Waals surface area contributed by atoms with E-state index in [0.717, 1.165) is 32.8 Å². The van der Waals surface area contributed by atoms with Crippen LogP contribution in [0.5, 0.6) is 0 Å². The lowest BCUT2D eigenvalue weighted by molar-refractivity contribution is 0.123. The minimum absolute atomic E-state index is 0.812. The molecule has 0 atom stereocenters. The van der Waals surface area contributed by atoms with Crippen molar-refractivity contribution in [1.82, 2.24) is 0 Å². The molecule has 2 aromatic carbocycles. The first-order valence-corrected chi connectivity index (χ1v) is 7.54. The summed E-state index contributed by atoms with van der Waals surface area (Å²) in [4.78, 5) is 2.40. The fourth-order valence-corrected chi connectivity index (χ4v) is 2.66. The summed E-state index contributed by atoms with van der Waals surface area (Å²) < 4.78 is 5.45. The van der Waals surface area contributed by atoms with Crippen LogP contribution in [-0.4, -0.2) is 26.3 Å². The molecule has 1 aliphatic heterocycles. The Kier molecular flexibility index (Phi) is 4.41. The lowest BCUT2D eigenvalue weighted by Gasteiger charge is -2.31. The molecule has 0 saturated carbocycles. The van der Waals surface area contributed by atoms with E-state index in [1.807, 2.05) is 0 Å². The van der Waals surface area contributed by atoms with Gasteiger partial charge in [-0.1, -0.05) is 36.4 Å². The molecule has 21 heavy (non-hydrogen) atoms. The molecule has 1 fully saturated rings. The predicted molar refractivity (Wildman–Crippen MR) is 88.0 cm³/mol. The lowest BCUT2D eigenvalue weighted by Crippen LogP contribution is -2.36. The van der Waals surface area contributed by atoms with Gasteiger partial charge >= 0.3 is 0 Å². The number of morpholine rings is 1. The summed E-state index contributed by atoms with van der Waals surface area (Å²) in [5, 5.41) is 3.59. The van der Waals surface area contributed by atoms with E-state index in [1.54, 1.807) is 0 Å². The van der Waals surface area contributed by atoms with Crippen molar-refractivity contribution in [3.8, 4) is 0 Å². The van der Waals surface area contributed by atoms with Gasteiger partial charge in [-0.15, -0.1) is 0 Å². The maximum atomic E-state index is 5.45. The van der Waals surface area contributed by atoms with Crippen LogP contribution in [0, 0.1) is 6.92 Å². The summed E-state index contributed by atoms with van der Waals surface area (Å²) in [7, 11) is 0. The van der Waals surface area contributed by atoms with Gasteiger partial charge in [-0.2, -0.15) is 0 Å². The average Bonchev–Trinajstić information content (AvgIpc) is 2.55. The number of rotatable bonds is 4. The van der Waals surface area contributed by atoms with E-state index in [9.17, 15) is 0 Å². The number of anilines is 2. The Labute approximate surface area is 126 Å². The summed E-state index contributed by atoms with van der Waals surface area (Å²) >= 11 is 0. The molecule has 1 N–H and O–H groups in total. The quantitative estimate of drug-likeness (QED) is 0.929. The largest absolute Gasteiger partial charge is 0.379 e. The highest BCUT2D eigenvalue weighted by atomic mass is 16.5. The summed E-state index contributed by atoms with van der Waals surface area (Å²) in [6, 6.07) is 17.1. The zero-order valence-corrected chi connectivity index (χ0v) is 12.5. The molecule has 1 saturated heterocycles. The molecule has 1 heterocycles. The molecule has 3 heteroatoms. The standard InChI is InChI=1S/C18H22N2O/c1-15-7-8-18(20-9-11-21-12-10-20)17(13-15)19-14-16-5-3-2-4-6-16/h2-8,13,19H,9-12,14H2,1H3. The number of nitrogens with zero attached hydrogens (tertiary/aromatic N) is 1. The van der Waals surface area contributed by atoms with Crippen LogP contribution in [0.1, 0.15) is 11.1 Å². The first kappa shape index (κ1) is 14.0. The smallest absolute Gasteiger partial charge is 0.0642 e. The molecule has 0 radical (unpaired) electrons. The second-order valence-corrected chi connectivity index (χ2v) is 5.46. The van der Waals surface area contributed by atoms with Crippen LogP contribution in [0.2, 0.25) is 0 Å². The molecular weight excluding hydrogens is 260 g/mol. The summed E-state index contributed by atoms with van der Waals surface area (Å²) in [5.74, 6) is 0. The first-order chi connectivity index (χ1) is 10.3. The highest BCUT2D eigenvalue weighted by Gasteiger charge is 2.14. The zero-order chi connectivity index (χ0) is 14.5. The number of aryl methyl sites for hydroxylation is 1. The van der Waals surface area contributed by atoms with Gasteiger partial charge in [-0.3, -0.25) is 0 Å². The van der Waals surface area contributed by atoms with Crippen molar-refractivity contribution in [3.05, 3.63) is 59.7 Å². The van der Waals surface area contributed by atoms with Crippen molar-refractivity contribution in [2.24, 2.45) is 0 Å². The van der Waals surface area contributed by atoms with Crippen molar-refractivity contribution < 1.29 is 4.74 Å². The van der Waals surface area contributed by atoms with E-state index in [1.165, 1.54) is 22.5 Å². The van der Waals surface area contributed by atoms with Gasteiger partial charge in [-0.25, -0.2) is 0 Å². The minimum Gasteiger partial charge on any atom is -0.379 e. The lowest BCUT2D eigenvalue weighted by atomic mass is 10.1. The van der Waals surface area contributed by atoms with E-state index in [0.29, 0.717) is 0 Å². The van der Waals surface area contributed by atoms with E-state index < -0.39 is 0 Å². The van der Waals surface area contributed by atoms with Crippen molar-refractivity contribution in [1.29, 1.82) is 0 Å². The SMILES string of the molecule is Cc1ccc(N2CCOCC2)c(NCc2ccccc2)c1. The summed E-state index contributed by atoms with van der Waals surface area (Å²) in [6.07, 6.45) is 0. The molecule has 0 unspecified atom stereocenters. The Bertz CT molecular complexity index is 577. The van der Waals surface area contributed by atoms with Gasteiger partial charge in [0.2, 0.25) is 0 Å². The second kappa shape index (κ2) is 6.64. The maximum Gasteiger partial charge on any atom is 0.0642 e. The van der Waals surface area contributed by atoms with Crippen molar-refractivity contribution in [3.63, 3.8) is 0 Å². The number of hydrogen-bond donors (Lipinski definition) is 1. The van der Waals surface area contributed by atoms with Crippen molar-refractivity contribution >= 4 is 11.4 Å². The van der Waals surface area contributed by atoms with Crippen LogP contribution in [0.15, 0.2) is 48.5 Å². The van der Waals surface area contributed by atoms with Gasteiger partial charge in [-0.05, 0) is 30.2 Å². The Hall–Kier alpha value is -2.00. The third kappa shape index (κ3) is 3.56. The van der Waals surface area contributed by atoms with Gasteiger partial charge in [0.25, 0.3) is 0 Å². The van der Waals surface area contributed by atoms with Crippen LogP contribution in [0.25, 0.3) is 0 Å². The van der Waals surface area contributed by atoms with Crippen molar-refractivity contribution in [2.75, 3.05) is 36.5 Å². The van der Waals surface area contributed by atoms with Gasteiger partial charge in [0.15, 0.2) is 0 Å². The van der Waals surface area contributed by atoms with Gasteiger partial charge in [0, 0.05) is 19.6 Å². The molecule has 110 valence electrons. The van der Waals surface area contributed by atoms with Crippen LogP contribution >= 0.6 is 0 Å². The molecule has 0 spiro atoms. The van der Waals surface area contributed by atoms with Gasteiger partial charge in [0.05, 0.1) is 24.6 Å². The Morgan fingerprint density at radius 2 is 1.81 bits per heavy atom. The Morgan fingerprint density at radius 3 is 2.57 bits per heavy atom. The average molecular weight is 282 g/mol. The van der Waals surface area contributed by atoms with E-state index in [-0.39, 0.29) is 0 Å². The highest BCUT2D eigenvalue weighted by Crippen LogP contribution is 2.28. The summed E-state index contributed by atoms with van der Waals surface area (Å²) in [6.45, 7) is 6.53. The van der Waals surface area contributed by atoms with E-state index in [2.05, 4.69) is 65.7 Å². The molecule has 0 amide bonds. The molecule has 3 nitrogen and oxygen atoms in total. The van der Waals surface area contributed by atoms with Gasteiger partial charge in [0.1, 0.15) is 0 Å². The second-order valence-electron chi connectivity index (χ2n) is 5.46. The zero-order valence-electron chi connectivity index (χ0n) is 12.5. The molecule has 0 bridgehead atoms. The fraction of sp³-hybridized carbons (Fsp3) is 0.333. The monoisotopic (exact) mass is 282 g/mol. The minimum atomic E-state index is 0.812. The summed E-state index contributed by atoms with van der Waals surface area (Å²) in [5.41, 5.74) is 5.06. The topological polar surface area (TPSA) is 24.5 Å². The molecule has 0 aliphatic carbocycles. The predicted octanol–water partition coefficient (Wildman–Crippen LogP) is 3.44. The number of hydrogen-bond acceptors (Lipinski definition) is 3. The Balaban J connectivity index is 1.77. The normalized spacial score (nSPS) is 15.0. The van der Waals surface area contributed by atoms with E-state index in [4.69, 9.17) is 4.74 Å². The first-order valence-electron chi connectivity index (χ1n) is 7.54. The van der Waals surface area contributed by atoms with Gasteiger partial charge < -0.3 is 15.0 Å². The van der Waals surface area contributed by atoms with Crippen LogP contribution in [-0.2, 0) is 11.3 Å². The third-order valence-corrected chi connectivity index (χ3v) is 3.83. The van der Waals surface area contributed by atoms with Crippen LogP contribution in [0.3, 0.4) is 0 Å².